The van der Waals surface area contributed by atoms with Gasteiger partial charge in [-0.05, 0) is 32.1 Å². The van der Waals surface area contributed by atoms with E-state index in [1.165, 1.54) is 19.3 Å². The number of nitrogens with one attached hydrogen (secondary N) is 1. The average Bonchev–Trinajstić information content (AvgIpc) is 2.37. The number of rotatable bonds is 5. The molecular weight excluding hydrogens is 244 g/mol. The molecule has 4 heteroatoms. The fraction of sp³-hybridized carbons (Fsp3) is 0.857. The molecule has 104 valence electrons. The van der Waals surface area contributed by atoms with E-state index < -0.39 is 5.41 Å². The monoisotopic (exact) mass is 270 g/mol. The van der Waals surface area contributed by atoms with Crippen LogP contribution in [0.1, 0.15) is 59.3 Å². The van der Waals surface area contributed by atoms with E-state index in [9.17, 15) is 4.79 Å². The largest absolute Gasteiger partial charge is 0.392 e. The van der Waals surface area contributed by atoms with E-state index in [2.05, 4.69) is 12.2 Å². The van der Waals surface area contributed by atoms with Crippen LogP contribution in [0, 0.1) is 11.3 Å². The van der Waals surface area contributed by atoms with Crippen LogP contribution in [0.15, 0.2) is 0 Å². The molecule has 18 heavy (non-hydrogen) atoms. The van der Waals surface area contributed by atoms with E-state index in [1.807, 2.05) is 13.8 Å². The molecule has 0 heterocycles. The highest BCUT2D eigenvalue weighted by Crippen LogP contribution is 2.29. The van der Waals surface area contributed by atoms with Crippen LogP contribution >= 0.6 is 12.2 Å². The second kappa shape index (κ2) is 6.50. The predicted octanol–water partition coefficient (Wildman–Crippen LogP) is 2.77. The van der Waals surface area contributed by atoms with Crippen molar-refractivity contribution >= 4 is 23.1 Å². The van der Waals surface area contributed by atoms with Crippen LogP contribution in [0.5, 0.6) is 0 Å². The van der Waals surface area contributed by atoms with Crippen LogP contribution in [0.4, 0.5) is 0 Å². The van der Waals surface area contributed by atoms with Gasteiger partial charge in [-0.25, -0.2) is 0 Å². The average molecular weight is 270 g/mol. The van der Waals surface area contributed by atoms with Gasteiger partial charge in [0.1, 0.15) is 0 Å². The summed E-state index contributed by atoms with van der Waals surface area (Å²) in [5, 5.41) is 3.19. The molecule has 3 atom stereocenters. The lowest BCUT2D eigenvalue weighted by molar-refractivity contribution is -0.128. The van der Waals surface area contributed by atoms with Crippen LogP contribution in [0.25, 0.3) is 0 Å². The Morgan fingerprint density at radius 3 is 2.50 bits per heavy atom. The Hall–Kier alpha value is -0.640. The minimum absolute atomic E-state index is 0.00264. The van der Waals surface area contributed by atoms with Gasteiger partial charge in [0.2, 0.25) is 5.91 Å². The molecule has 0 aliphatic heterocycles. The molecule has 1 fully saturated rings. The maximum atomic E-state index is 12.4. The Kier molecular flexibility index (Phi) is 5.57. The molecular formula is C14H26N2OS. The van der Waals surface area contributed by atoms with E-state index in [0.717, 1.165) is 12.8 Å². The molecule has 3 N–H and O–H groups in total. The molecule has 0 bridgehead atoms. The molecule has 1 aliphatic rings. The van der Waals surface area contributed by atoms with Crippen LogP contribution in [-0.2, 0) is 4.79 Å². The first-order valence-electron chi connectivity index (χ1n) is 7.06. The first kappa shape index (κ1) is 15.4. The molecule has 1 rings (SSSR count). The Labute approximate surface area is 116 Å². The third kappa shape index (κ3) is 3.22. The molecule has 3 nitrogen and oxygen atoms in total. The molecule has 0 aromatic rings. The standard InChI is InChI=1S/C14H26N2OS/c1-4-10-8-6-7-9-11(10)16-13(17)14(3,5-2)12(15)18/h10-11H,4-9H2,1-3H3,(H2,15,18)(H,16,17). The summed E-state index contributed by atoms with van der Waals surface area (Å²) in [7, 11) is 0. The van der Waals surface area contributed by atoms with E-state index in [4.69, 9.17) is 18.0 Å². The van der Waals surface area contributed by atoms with Crippen molar-refractivity contribution in [1.29, 1.82) is 0 Å². The lowest BCUT2D eigenvalue weighted by atomic mass is 9.81. The normalized spacial score (nSPS) is 27.3. The Morgan fingerprint density at radius 2 is 2.00 bits per heavy atom. The SMILES string of the molecule is CCC1CCCCC1NC(=O)C(C)(CC)C(N)=S. The minimum atomic E-state index is -0.703. The maximum Gasteiger partial charge on any atom is 0.232 e. The molecule has 1 amide bonds. The quantitative estimate of drug-likeness (QED) is 0.755. The number of carbonyl (C=O) groups is 1. The van der Waals surface area contributed by atoms with E-state index in [0.29, 0.717) is 23.4 Å². The molecule has 0 spiro atoms. The third-order valence-corrected chi connectivity index (χ3v) is 4.95. The summed E-state index contributed by atoms with van der Waals surface area (Å²) in [5.41, 5.74) is 5.02. The van der Waals surface area contributed by atoms with Gasteiger partial charge >= 0.3 is 0 Å². The minimum Gasteiger partial charge on any atom is -0.392 e. The highest BCUT2D eigenvalue weighted by molar-refractivity contribution is 7.80. The van der Waals surface area contributed by atoms with Gasteiger partial charge in [-0.1, -0.05) is 45.3 Å². The van der Waals surface area contributed by atoms with Gasteiger partial charge in [0.15, 0.2) is 0 Å². The summed E-state index contributed by atoms with van der Waals surface area (Å²) in [6, 6.07) is 0.302. The molecule has 1 aliphatic carbocycles. The second-order valence-electron chi connectivity index (χ2n) is 5.58. The summed E-state index contributed by atoms with van der Waals surface area (Å²) in [6.07, 6.45) is 6.57. The first-order valence-corrected chi connectivity index (χ1v) is 7.47. The molecule has 0 radical (unpaired) electrons. The second-order valence-corrected chi connectivity index (χ2v) is 6.02. The number of hydrogen-bond acceptors (Lipinski definition) is 2. The van der Waals surface area contributed by atoms with E-state index in [1.54, 1.807) is 0 Å². The number of thiocarbonyl (C=S) groups is 1. The molecule has 0 saturated heterocycles. The van der Waals surface area contributed by atoms with Crippen molar-refractivity contribution in [3.63, 3.8) is 0 Å². The summed E-state index contributed by atoms with van der Waals surface area (Å²) in [5.74, 6) is 0.609. The summed E-state index contributed by atoms with van der Waals surface area (Å²) < 4.78 is 0. The maximum absolute atomic E-state index is 12.4. The zero-order valence-electron chi connectivity index (χ0n) is 11.8. The summed E-state index contributed by atoms with van der Waals surface area (Å²) in [4.78, 5) is 12.7. The Balaban J connectivity index is 2.70. The lowest BCUT2D eigenvalue weighted by Gasteiger charge is -2.35. The number of hydrogen-bond donors (Lipinski definition) is 2. The van der Waals surface area contributed by atoms with Crippen molar-refractivity contribution in [2.45, 2.75) is 65.3 Å². The molecule has 3 unspecified atom stereocenters. The van der Waals surface area contributed by atoms with Crippen molar-refractivity contribution < 1.29 is 4.79 Å². The van der Waals surface area contributed by atoms with Gasteiger partial charge in [0.05, 0.1) is 10.4 Å². The Bertz CT molecular complexity index is 319. The van der Waals surface area contributed by atoms with Crippen LogP contribution in [-0.4, -0.2) is 16.9 Å². The van der Waals surface area contributed by atoms with Crippen molar-refractivity contribution in [2.24, 2.45) is 17.1 Å². The number of carbonyl (C=O) groups excluding carboxylic acids is 1. The topological polar surface area (TPSA) is 55.1 Å². The van der Waals surface area contributed by atoms with Crippen molar-refractivity contribution in [3.05, 3.63) is 0 Å². The van der Waals surface area contributed by atoms with Gasteiger partial charge in [-0.3, -0.25) is 4.79 Å². The van der Waals surface area contributed by atoms with Crippen molar-refractivity contribution in [1.82, 2.24) is 5.32 Å². The lowest BCUT2D eigenvalue weighted by Crippen LogP contribution is -2.52. The highest BCUT2D eigenvalue weighted by Gasteiger charge is 2.37. The van der Waals surface area contributed by atoms with Gasteiger partial charge in [-0.15, -0.1) is 0 Å². The van der Waals surface area contributed by atoms with Crippen molar-refractivity contribution in [3.8, 4) is 0 Å². The van der Waals surface area contributed by atoms with Gasteiger partial charge in [0.25, 0.3) is 0 Å². The van der Waals surface area contributed by atoms with E-state index in [-0.39, 0.29) is 5.91 Å². The van der Waals surface area contributed by atoms with Crippen LogP contribution in [0.3, 0.4) is 0 Å². The molecule has 1 saturated carbocycles. The van der Waals surface area contributed by atoms with E-state index >= 15 is 0 Å². The molecule has 0 aromatic carbocycles. The summed E-state index contributed by atoms with van der Waals surface area (Å²) in [6.45, 7) is 5.99. The Morgan fingerprint density at radius 1 is 1.39 bits per heavy atom. The number of amides is 1. The number of nitrogens with two attached hydrogens (primary N) is 1. The predicted molar refractivity (Wildman–Crippen MR) is 79.4 cm³/mol. The highest BCUT2D eigenvalue weighted by atomic mass is 32.1. The zero-order chi connectivity index (χ0) is 13.8. The van der Waals surface area contributed by atoms with Crippen LogP contribution < -0.4 is 11.1 Å². The fourth-order valence-corrected chi connectivity index (χ4v) is 2.90. The summed E-state index contributed by atoms with van der Waals surface area (Å²) >= 11 is 5.05. The van der Waals surface area contributed by atoms with Crippen LogP contribution in [0.2, 0.25) is 0 Å². The zero-order valence-corrected chi connectivity index (χ0v) is 12.6. The van der Waals surface area contributed by atoms with Gasteiger partial charge in [-0.2, -0.15) is 0 Å². The fourth-order valence-electron chi connectivity index (χ4n) is 2.66. The molecule has 0 aromatic heterocycles. The van der Waals surface area contributed by atoms with Gasteiger partial charge in [0, 0.05) is 6.04 Å². The first-order chi connectivity index (χ1) is 8.45. The smallest absolute Gasteiger partial charge is 0.232 e. The van der Waals surface area contributed by atoms with Gasteiger partial charge < -0.3 is 11.1 Å². The van der Waals surface area contributed by atoms with Crippen molar-refractivity contribution in [2.75, 3.05) is 0 Å². The third-order valence-electron chi connectivity index (χ3n) is 4.50.